The predicted octanol–water partition coefficient (Wildman–Crippen LogP) is 0.0836. The van der Waals surface area contributed by atoms with Gasteiger partial charge in [-0.3, -0.25) is 24.4 Å². The highest BCUT2D eigenvalue weighted by Gasteiger charge is 2.37. The van der Waals surface area contributed by atoms with E-state index in [9.17, 15) is 19.7 Å². The summed E-state index contributed by atoms with van der Waals surface area (Å²) < 4.78 is 1.13. The maximum atomic E-state index is 12.0. The summed E-state index contributed by atoms with van der Waals surface area (Å²) in [6.45, 7) is 5.54. The molecule has 2 N–H and O–H groups in total. The smallest absolute Gasteiger partial charge is 0.273 e. The summed E-state index contributed by atoms with van der Waals surface area (Å²) in [5.74, 6) is 4.01. The molecule has 0 aromatic carbocycles. The van der Waals surface area contributed by atoms with Crippen molar-refractivity contribution in [3.8, 4) is 0 Å². The van der Waals surface area contributed by atoms with Crippen molar-refractivity contribution in [3.63, 3.8) is 0 Å². The molecule has 0 fully saturated rings. The van der Waals surface area contributed by atoms with Crippen molar-refractivity contribution in [3.05, 3.63) is 22.0 Å². The van der Waals surface area contributed by atoms with Gasteiger partial charge in [-0.05, 0) is 20.8 Å². The standard InChI is InChI=1S/C10H15N5O4/c1-6-8(15(18)19)5-13(12-6)10(3,4)9(17)14(11)7(2)16/h5H,11H2,1-4H3. The first kappa shape index (κ1) is 14.8. The highest BCUT2D eigenvalue weighted by atomic mass is 16.6. The van der Waals surface area contributed by atoms with Gasteiger partial charge in [0.15, 0.2) is 0 Å². The molecule has 104 valence electrons. The molecular formula is C10H15N5O4. The van der Waals surface area contributed by atoms with E-state index in [1.54, 1.807) is 0 Å². The van der Waals surface area contributed by atoms with Gasteiger partial charge >= 0.3 is 5.69 Å². The van der Waals surface area contributed by atoms with E-state index >= 15 is 0 Å². The number of carbonyl (C=O) groups is 2. The Kier molecular flexibility index (Phi) is 3.70. The number of imide groups is 1. The highest BCUT2D eigenvalue weighted by Crippen LogP contribution is 2.23. The molecule has 0 aliphatic rings. The van der Waals surface area contributed by atoms with Crippen LogP contribution >= 0.6 is 0 Å². The summed E-state index contributed by atoms with van der Waals surface area (Å²) in [5, 5.41) is 15.1. The van der Waals surface area contributed by atoms with E-state index in [0.29, 0.717) is 5.01 Å². The fourth-order valence-electron chi connectivity index (χ4n) is 1.45. The second kappa shape index (κ2) is 4.76. The molecule has 1 aromatic rings. The van der Waals surface area contributed by atoms with Gasteiger partial charge in [-0.1, -0.05) is 0 Å². The van der Waals surface area contributed by atoms with Gasteiger partial charge in [-0.25, -0.2) is 10.9 Å². The summed E-state index contributed by atoms with van der Waals surface area (Å²) >= 11 is 0. The van der Waals surface area contributed by atoms with Crippen LogP contribution in [0.4, 0.5) is 5.69 Å². The number of hydrazine groups is 1. The number of aryl methyl sites for hydroxylation is 1. The van der Waals surface area contributed by atoms with Gasteiger partial charge in [0.1, 0.15) is 17.4 Å². The molecule has 9 heteroatoms. The van der Waals surface area contributed by atoms with Crippen LogP contribution in [-0.2, 0) is 15.1 Å². The lowest BCUT2D eigenvalue weighted by molar-refractivity contribution is -0.385. The quantitative estimate of drug-likeness (QED) is 0.358. The van der Waals surface area contributed by atoms with Gasteiger partial charge in [0.05, 0.1) is 4.92 Å². The average Bonchev–Trinajstić information content (AvgIpc) is 2.69. The molecule has 0 bridgehead atoms. The third-order valence-corrected chi connectivity index (χ3v) is 2.72. The average molecular weight is 269 g/mol. The van der Waals surface area contributed by atoms with Crippen LogP contribution in [0.3, 0.4) is 0 Å². The number of hydrogen-bond acceptors (Lipinski definition) is 6. The molecular weight excluding hydrogens is 254 g/mol. The molecule has 0 saturated heterocycles. The molecule has 1 heterocycles. The Bertz CT molecular complexity index is 548. The Morgan fingerprint density at radius 1 is 1.53 bits per heavy atom. The fraction of sp³-hybridized carbons (Fsp3) is 0.500. The van der Waals surface area contributed by atoms with Crippen molar-refractivity contribution in [2.24, 2.45) is 5.84 Å². The Morgan fingerprint density at radius 2 is 2.05 bits per heavy atom. The van der Waals surface area contributed by atoms with Crippen LogP contribution in [0, 0.1) is 17.0 Å². The van der Waals surface area contributed by atoms with E-state index in [0.717, 1.165) is 17.8 Å². The first-order valence-electron chi connectivity index (χ1n) is 5.40. The number of rotatable bonds is 3. The van der Waals surface area contributed by atoms with Crippen molar-refractivity contribution in [2.75, 3.05) is 0 Å². The Labute approximate surface area is 109 Å². The van der Waals surface area contributed by atoms with E-state index in [1.165, 1.54) is 20.8 Å². The number of hydrogen-bond donors (Lipinski definition) is 1. The van der Waals surface area contributed by atoms with Gasteiger partial charge in [0.25, 0.3) is 5.91 Å². The van der Waals surface area contributed by atoms with Gasteiger partial charge in [0, 0.05) is 6.92 Å². The molecule has 19 heavy (non-hydrogen) atoms. The van der Waals surface area contributed by atoms with Crippen LogP contribution in [0.15, 0.2) is 6.20 Å². The molecule has 0 aliphatic heterocycles. The zero-order valence-corrected chi connectivity index (χ0v) is 11.1. The monoisotopic (exact) mass is 269 g/mol. The summed E-state index contributed by atoms with van der Waals surface area (Å²) in [6, 6.07) is 0. The molecule has 1 aromatic heterocycles. The Balaban J connectivity index is 3.20. The van der Waals surface area contributed by atoms with Crippen molar-refractivity contribution in [2.45, 2.75) is 33.2 Å². The number of aromatic nitrogens is 2. The van der Waals surface area contributed by atoms with Crippen molar-refractivity contribution in [1.29, 1.82) is 0 Å². The summed E-state index contributed by atoms with van der Waals surface area (Å²) in [5.41, 5.74) is -1.33. The maximum absolute atomic E-state index is 12.0. The number of carbonyl (C=O) groups excluding carboxylic acids is 2. The largest absolute Gasteiger partial charge is 0.309 e. The van der Waals surface area contributed by atoms with E-state index in [1.807, 2.05) is 0 Å². The minimum absolute atomic E-state index is 0.178. The second-order valence-electron chi connectivity index (χ2n) is 4.55. The number of amides is 2. The zero-order valence-electron chi connectivity index (χ0n) is 11.1. The van der Waals surface area contributed by atoms with Gasteiger partial charge < -0.3 is 0 Å². The molecule has 0 aliphatic carbocycles. The zero-order chi connectivity index (χ0) is 15.0. The number of nitro groups is 1. The van der Waals surface area contributed by atoms with Gasteiger partial charge in [0.2, 0.25) is 5.91 Å². The summed E-state index contributed by atoms with van der Waals surface area (Å²) in [6.07, 6.45) is 1.14. The van der Waals surface area contributed by atoms with Crippen LogP contribution in [0.5, 0.6) is 0 Å². The van der Waals surface area contributed by atoms with Crippen LogP contribution in [0.25, 0.3) is 0 Å². The van der Waals surface area contributed by atoms with E-state index in [4.69, 9.17) is 5.84 Å². The van der Waals surface area contributed by atoms with Crippen molar-refractivity contribution < 1.29 is 14.5 Å². The first-order valence-corrected chi connectivity index (χ1v) is 5.40. The van der Waals surface area contributed by atoms with E-state index in [-0.39, 0.29) is 11.4 Å². The molecule has 1 rings (SSSR count). The van der Waals surface area contributed by atoms with Crippen LogP contribution < -0.4 is 5.84 Å². The van der Waals surface area contributed by atoms with Crippen LogP contribution in [-0.4, -0.2) is 31.5 Å². The number of nitrogens with zero attached hydrogens (tertiary/aromatic N) is 4. The lowest BCUT2D eigenvalue weighted by atomic mass is 10.0. The minimum Gasteiger partial charge on any atom is -0.273 e. The third-order valence-electron chi connectivity index (χ3n) is 2.72. The summed E-state index contributed by atoms with van der Waals surface area (Å²) in [4.78, 5) is 33.3. The first-order chi connectivity index (χ1) is 8.59. The predicted molar refractivity (Wildman–Crippen MR) is 64.7 cm³/mol. The molecule has 0 saturated carbocycles. The molecule has 2 amide bonds. The van der Waals surface area contributed by atoms with Crippen molar-refractivity contribution in [1.82, 2.24) is 14.8 Å². The number of nitrogens with two attached hydrogens (primary N) is 1. The van der Waals surface area contributed by atoms with Crippen molar-refractivity contribution >= 4 is 17.5 Å². The van der Waals surface area contributed by atoms with E-state index < -0.39 is 22.3 Å². The SMILES string of the molecule is CC(=O)N(N)C(=O)C(C)(C)n1cc([N+](=O)[O-])c(C)n1. The normalized spacial score (nSPS) is 11.2. The van der Waals surface area contributed by atoms with E-state index in [2.05, 4.69) is 5.10 Å². The Hall–Kier alpha value is -2.29. The molecule has 9 nitrogen and oxygen atoms in total. The van der Waals surface area contributed by atoms with Gasteiger partial charge in [-0.2, -0.15) is 5.10 Å². The highest BCUT2D eigenvalue weighted by molar-refractivity contribution is 5.96. The lowest BCUT2D eigenvalue weighted by Gasteiger charge is -2.27. The van der Waals surface area contributed by atoms with Crippen LogP contribution in [0.2, 0.25) is 0 Å². The maximum Gasteiger partial charge on any atom is 0.309 e. The third kappa shape index (κ3) is 2.60. The minimum atomic E-state index is -1.31. The topological polar surface area (TPSA) is 124 Å². The van der Waals surface area contributed by atoms with Gasteiger partial charge in [-0.15, -0.1) is 0 Å². The fourth-order valence-corrected chi connectivity index (χ4v) is 1.45. The van der Waals surface area contributed by atoms with Crippen LogP contribution in [0.1, 0.15) is 26.5 Å². The second-order valence-corrected chi connectivity index (χ2v) is 4.55. The molecule has 0 unspecified atom stereocenters. The Morgan fingerprint density at radius 3 is 2.42 bits per heavy atom. The molecule has 0 spiro atoms. The lowest BCUT2D eigenvalue weighted by Crippen LogP contribution is -2.52. The summed E-state index contributed by atoms with van der Waals surface area (Å²) in [7, 11) is 0. The molecule has 0 atom stereocenters. The molecule has 0 radical (unpaired) electrons.